The maximum Gasteiger partial charge on any atom is 0.276 e. The van der Waals surface area contributed by atoms with Crippen LogP contribution in [0.15, 0.2) is 64.6 Å². The van der Waals surface area contributed by atoms with Crippen molar-refractivity contribution in [2.45, 2.75) is 11.8 Å². The average Bonchev–Trinajstić information content (AvgIpc) is 2.46. The van der Waals surface area contributed by atoms with Crippen LogP contribution in [0.3, 0.4) is 0 Å². The second-order valence-electron chi connectivity index (χ2n) is 4.11. The van der Waals surface area contributed by atoms with E-state index in [0.29, 0.717) is 10.7 Å². The highest BCUT2D eigenvalue weighted by atomic mass is 35.5. The molecule has 0 amide bonds. The second kappa shape index (κ2) is 6.07. The highest BCUT2D eigenvalue weighted by Crippen LogP contribution is 2.11. The van der Waals surface area contributed by atoms with E-state index < -0.39 is 10.0 Å². The molecule has 0 radical (unpaired) electrons. The third-order valence-corrected chi connectivity index (χ3v) is 4.13. The van der Waals surface area contributed by atoms with Crippen LogP contribution in [-0.2, 0) is 10.0 Å². The Morgan fingerprint density at radius 3 is 2.25 bits per heavy atom. The zero-order valence-corrected chi connectivity index (χ0v) is 12.3. The van der Waals surface area contributed by atoms with Gasteiger partial charge in [0.05, 0.1) is 10.6 Å². The summed E-state index contributed by atoms with van der Waals surface area (Å²) in [7, 11) is -3.64. The summed E-state index contributed by atoms with van der Waals surface area (Å²) in [5.41, 5.74) is 1.35. The van der Waals surface area contributed by atoms with Crippen molar-refractivity contribution in [3.05, 3.63) is 65.2 Å². The molecule has 0 bridgehead atoms. The number of sulfonamides is 1. The fraction of sp³-hybridized carbons (Fsp3) is 0.0714. The zero-order valence-electron chi connectivity index (χ0n) is 10.7. The predicted octanol–water partition coefficient (Wildman–Crippen LogP) is 3.04. The van der Waals surface area contributed by atoms with Crippen molar-refractivity contribution >= 4 is 27.3 Å². The Labute approximate surface area is 123 Å². The van der Waals surface area contributed by atoms with E-state index in [1.54, 1.807) is 49.4 Å². The summed E-state index contributed by atoms with van der Waals surface area (Å²) < 4.78 is 24.0. The van der Waals surface area contributed by atoms with Crippen LogP contribution in [0.1, 0.15) is 12.5 Å². The molecule has 20 heavy (non-hydrogen) atoms. The van der Waals surface area contributed by atoms with Gasteiger partial charge >= 0.3 is 0 Å². The lowest BCUT2D eigenvalue weighted by molar-refractivity contribution is 0.584. The Bertz CT molecular complexity index is 711. The average molecular weight is 309 g/mol. The largest absolute Gasteiger partial charge is 0.276 e. The van der Waals surface area contributed by atoms with Crippen molar-refractivity contribution in [1.82, 2.24) is 4.83 Å². The van der Waals surface area contributed by atoms with E-state index in [-0.39, 0.29) is 4.90 Å². The summed E-state index contributed by atoms with van der Waals surface area (Å²) in [6.07, 6.45) is 0. The molecule has 0 aromatic heterocycles. The van der Waals surface area contributed by atoms with E-state index in [2.05, 4.69) is 9.93 Å². The van der Waals surface area contributed by atoms with E-state index >= 15 is 0 Å². The molecule has 0 saturated carbocycles. The molecule has 2 aromatic rings. The van der Waals surface area contributed by atoms with Gasteiger partial charge < -0.3 is 0 Å². The topological polar surface area (TPSA) is 58.5 Å². The molecule has 0 fully saturated rings. The molecule has 6 heteroatoms. The van der Waals surface area contributed by atoms with Gasteiger partial charge in [0.25, 0.3) is 10.0 Å². The Kier molecular flexibility index (Phi) is 4.42. The first-order valence-electron chi connectivity index (χ1n) is 5.86. The molecular weight excluding hydrogens is 296 g/mol. The molecule has 0 aliphatic carbocycles. The summed E-state index contributed by atoms with van der Waals surface area (Å²) in [5.74, 6) is 0. The lowest BCUT2D eigenvalue weighted by Gasteiger charge is -2.05. The molecule has 2 aromatic carbocycles. The van der Waals surface area contributed by atoms with E-state index in [1.807, 2.05) is 0 Å². The van der Waals surface area contributed by atoms with E-state index in [9.17, 15) is 8.42 Å². The third kappa shape index (κ3) is 3.59. The highest BCUT2D eigenvalue weighted by Gasteiger charge is 2.11. The highest BCUT2D eigenvalue weighted by molar-refractivity contribution is 7.89. The van der Waals surface area contributed by atoms with Crippen molar-refractivity contribution < 1.29 is 8.42 Å². The molecule has 1 N–H and O–H groups in total. The van der Waals surface area contributed by atoms with Crippen LogP contribution < -0.4 is 4.83 Å². The number of halogens is 1. The molecule has 0 saturated heterocycles. The molecule has 0 heterocycles. The van der Waals surface area contributed by atoms with Crippen LogP contribution in [0.4, 0.5) is 0 Å². The number of rotatable bonds is 4. The molecule has 0 unspecified atom stereocenters. The number of benzene rings is 2. The Morgan fingerprint density at radius 2 is 1.65 bits per heavy atom. The number of nitrogens with zero attached hydrogens (tertiary/aromatic N) is 1. The van der Waals surface area contributed by atoms with Gasteiger partial charge in [0.15, 0.2) is 0 Å². The Morgan fingerprint density at radius 1 is 1.05 bits per heavy atom. The van der Waals surface area contributed by atoms with Crippen LogP contribution >= 0.6 is 11.6 Å². The standard InChI is InChI=1S/C14H13ClN2O2S/c1-11(12-7-9-13(15)10-8-12)16-17-20(18,19)14-5-3-2-4-6-14/h2-10,17H,1H3/b16-11-. The van der Waals surface area contributed by atoms with Gasteiger partial charge in [-0.3, -0.25) is 0 Å². The van der Waals surface area contributed by atoms with Gasteiger partial charge in [-0.05, 0) is 36.8 Å². The van der Waals surface area contributed by atoms with Crippen molar-refractivity contribution in [3.63, 3.8) is 0 Å². The van der Waals surface area contributed by atoms with E-state index in [1.165, 1.54) is 12.1 Å². The van der Waals surface area contributed by atoms with Crippen LogP contribution in [0, 0.1) is 0 Å². The van der Waals surface area contributed by atoms with Crippen LogP contribution in [0.2, 0.25) is 5.02 Å². The van der Waals surface area contributed by atoms with E-state index in [4.69, 9.17) is 11.6 Å². The van der Waals surface area contributed by atoms with Gasteiger partial charge in [-0.25, -0.2) is 0 Å². The van der Waals surface area contributed by atoms with Crippen LogP contribution in [0.25, 0.3) is 0 Å². The molecule has 2 rings (SSSR count). The smallest absolute Gasteiger partial charge is 0.200 e. The molecule has 0 aliphatic heterocycles. The summed E-state index contributed by atoms with van der Waals surface area (Å²) in [4.78, 5) is 2.39. The zero-order chi connectivity index (χ0) is 14.6. The van der Waals surface area contributed by atoms with Gasteiger partial charge in [0, 0.05) is 5.02 Å². The first kappa shape index (κ1) is 14.6. The van der Waals surface area contributed by atoms with Gasteiger partial charge in [-0.1, -0.05) is 41.9 Å². The molecular formula is C14H13ClN2O2S. The minimum absolute atomic E-state index is 0.174. The number of hydrogen-bond acceptors (Lipinski definition) is 3. The molecule has 104 valence electrons. The normalized spacial score (nSPS) is 12.2. The first-order chi connectivity index (χ1) is 9.49. The van der Waals surface area contributed by atoms with Crippen LogP contribution in [-0.4, -0.2) is 14.1 Å². The second-order valence-corrected chi connectivity index (χ2v) is 6.21. The summed E-state index contributed by atoms with van der Waals surface area (Å²) in [5, 5.41) is 4.52. The van der Waals surface area contributed by atoms with Crippen molar-refractivity contribution in [2.24, 2.45) is 5.10 Å². The van der Waals surface area contributed by atoms with Gasteiger partial charge in [0.1, 0.15) is 0 Å². The van der Waals surface area contributed by atoms with Crippen molar-refractivity contribution in [2.75, 3.05) is 0 Å². The maximum absolute atomic E-state index is 12.0. The lowest BCUT2D eigenvalue weighted by atomic mass is 10.1. The first-order valence-corrected chi connectivity index (χ1v) is 7.72. The van der Waals surface area contributed by atoms with E-state index in [0.717, 1.165) is 5.56 Å². The summed E-state index contributed by atoms with van der Waals surface area (Å²) in [6, 6.07) is 15.1. The summed E-state index contributed by atoms with van der Waals surface area (Å²) in [6.45, 7) is 1.72. The van der Waals surface area contributed by atoms with Crippen molar-refractivity contribution in [3.8, 4) is 0 Å². The maximum atomic E-state index is 12.0. The van der Waals surface area contributed by atoms with Crippen molar-refractivity contribution in [1.29, 1.82) is 0 Å². The fourth-order valence-corrected chi connectivity index (χ4v) is 2.54. The quantitative estimate of drug-likeness (QED) is 0.697. The predicted molar refractivity (Wildman–Crippen MR) is 80.4 cm³/mol. The van der Waals surface area contributed by atoms with Gasteiger partial charge in [-0.2, -0.15) is 18.4 Å². The lowest BCUT2D eigenvalue weighted by Crippen LogP contribution is -2.19. The molecule has 0 spiro atoms. The monoisotopic (exact) mass is 308 g/mol. The SMILES string of the molecule is C/C(=N/NS(=O)(=O)c1ccccc1)c1ccc(Cl)cc1. The number of nitrogens with one attached hydrogen (secondary N) is 1. The van der Waals surface area contributed by atoms with Crippen LogP contribution in [0.5, 0.6) is 0 Å². The minimum atomic E-state index is -3.64. The number of hydrogen-bond donors (Lipinski definition) is 1. The summed E-state index contributed by atoms with van der Waals surface area (Å²) >= 11 is 5.79. The van der Waals surface area contributed by atoms with Gasteiger partial charge in [0.2, 0.25) is 0 Å². The molecule has 0 atom stereocenters. The Hall–Kier alpha value is -1.85. The minimum Gasteiger partial charge on any atom is -0.200 e. The number of hydrazone groups is 1. The fourth-order valence-electron chi connectivity index (χ4n) is 1.54. The molecule has 0 aliphatic rings. The van der Waals surface area contributed by atoms with Gasteiger partial charge in [-0.15, -0.1) is 0 Å². The third-order valence-electron chi connectivity index (χ3n) is 2.65. The Balaban J connectivity index is 2.18. The molecule has 4 nitrogen and oxygen atoms in total.